The number of thioether (sulfide) groups is 1. The number of halogens is 1. The van der Waals surface area contributed by atoms with E-state index in [1.54, 1.807) is 7.11 Å². The molecule has 180 valence electrons. The van der Waals surface area contributed by atoms with Crippen molar-refractivity contribution in [2.45, 2.75) is 43.9 Å². The highest BCUT2D eigenvalue weighted by molar-refractivity contribution is 7.99. The van der Waals surface area contributed by atoms with Gasteiger partial charge >= 0.3 is 0 Å². The molecule has 7 nitrogen and oxygen atoms in total. The Bertz CT molecular complexity index is 1080. The minimum absolute atomic E-state index is 0.0530. The van der Waals surface area contributed by atoms with Crippen molar-refractivity contribution in [3.05, 3.63) is 64.9 Å². The van der Waals surface area contributed by atoms with Crippen molar-refractivity contribution in [2.24, 2.45) is 0 Å². The van der Waals surface area contributed by atoms with E-state index < -0.39 is 0 Å². The molecule has 0 bridgehead atoms. The van der Waals surface area contributed by atoms with E-state index in [4.69, 9.17) is 16.3 Å². The van der Waals surface area contributed by atoms with Crippen molar-refractivity contribution in [1.29, 1.82) is 0 Å². The van der Waals surface area contributed by atoms with Gasteiger partial charge in [0.05, 0.1) is 26.0 Å². The molecule has 9 heteroatoms. The molecule has 1 saturated heterocycles. The number of methoxy groups -OCH3 is 1. The summed E-state index contributed by atoms with van der Waals surface area (Å²) in [4.78, 5) is 14.1. The lowest BCUT2D eigenvalue weighted by molar-refractivity contribution is -0.935. The highest BCUT2D eigenvalue weighted by Gasteiger charge is 2.28. The average molecular weight is 501 g/mol. The SMILES string of the molecule is COc1ccc(CNC(=O)CSc2nnc([C@H](C)[NH+]3CCCCC3)n2-c2ccc(Cl)cc2)cc1. The molecule has 4 rings (SSSR count). The number of aromatic nitrogens is 3. The summed E-state index contributed by atoms with van der Waals surface area (Å²) in [5, 5.41) is 13.4. The zero-order valence-electron chi connectivity index (χ0n) is 19.6. The number of ether oxygens (including phenoxy) is 1. The Morgan fingerprint density at radius 1 is 1.12 bits per heavy atom. The topological polar surface area (TPSA) is 73.5 Å². The fourth-order valence-corrected chi connectivity index (χ4v) is 5.15. The van der Waals surface area contributed by atoms with Crippen LogP contribution in [0.3, 0.4) is 0 Å². The fraction of sp³-hybridized carbons (Fsp3) is 0.400. The van der Waals surface area contributed by atoms with Gasteiger partial charge in [-0.15, -0.1) is 10.2 Å². The third-order valence-electron chi connectivity index (χ3n) is 6.22. The summed E-state index contributed by atoms with van der Waals surface area (Å²) in [7, 11) is 1.64. The van der Waals surface area contributed by atoms with Crippen LogP contribution in [-0.4, -0.2) is 46.6 Å². The van der Waals surface area contributed by atoms with Gasteiger partial charge < -0.3 is 15.0 Å². The zero-order chi connectivity index (χ0) is 23.9. The van der Waals surface area contributed by atoms with Gasteiger partial charge in [0.25, 0.3) is 0 Å². The molecule has 2 N–H and O–H groups in total. The van der Waals surface area contributed by atoms with E-state index in [1.165, 1.54) is 35.9 Å². The molecule has 0 unspecified atom stereocenters. The van der Waals surface area contributed by atoms with Crippen molar-refractivity contribution >= 4 is 29.3 Å². The van der Waals surface area contributed by atoms with Crippen LogP contribution in [0.4, 0.5) is 0 Å². The van der Waals surface area contributed by atoms with Crippen LogP contribution < -0.4 is 15.0 Å². The van der Waals surface area contributed by atoms with Crippen LogP contribution in [0.2, 0.25) is 5.02 Å². The minimum atomic E-state index is -0.0530. The van der Waals surface area contributed by atoms with Crippen LogP contribution in [0.5, 0.6) is 5.75 Å². The van der Waals surface area contributed by atoms with Gasteiger partial charge in [-0.2, -0.15) is 0 Å². The highest BCUT2D eigenvalue weighted by atomic mass is 35.5. The quantitative estimate of drug-likeness (QED) is 0.440. The first-order valence-corrected chi connectivity index (χ1v) is 13.0. The Morgan fingerprint density at radius 3 is 2.50 bits per heavy atom. The molecule has 1 aliphatic heterocycles. The van der Waals surface area contributed by atoms with Crippen LogP contribution in [0.15, 0.2) is 53.7 Å². The largest absolute Gasteiger partial charge is 0.497 e. The summed E-state index contributed by atoms with van der Waals surface area (Å²) >= 11 is 7.53. The third kappa shape index (κ3) is 6.11. The van der Waals surface area contributed by atoms with Crippen LogP contribution >= 0.6 is 23.4 Å². The van der Waals surface area contributed by atoms with Crippen LogP contribution in [-0.2, 0) is 11.3 Å². The monoisotopic (exact) mass is 500 g/mol. The molecule has 1 atom stereocenters. The first-order valence-electron chi connectivity index (χ1n) is 11.6. The van der Waals surface area contributed by atoms with E-state index >= 15 is 0 Å². The van der Waals surface area contributed by atoms with Crippen LogP contribution in [0.1, 0.15) is 43.6 Å². The Morgan fingerprint density at radius 2 is 1.82 bits per heavy atom. The van der Waals surface area contributed by atoms with E-state index in [-0.39, 0.29) is 17.7 Å². The van der Waals surface area contributed by atoms with Crippen LogP contribution in [0, 0.1) is 0 Å². The molecule has 0 spiro atoms. The van der Waals surface area contributed by atoms with Gasteiger partial charge in [-0.3, -0.25) is 9.36 Å². The molecule has 1 fully saturated rings. The average Bonchev–Trinajstić information content (AvgIpc) is 3.31. The molecule has 3 aromatic rings. The molecule has 0 aliphatic carbocycles. The molecule has 2 heterocycles. The summed E-state index contributed by atoms with van der Waals surface area (Å²) in [5.74, 6) is 1.92. The predicted octanol–water partition coefficient (Wildman–Crippen LogP) is 3.47. The van der Waals surface area contributed by atoms with Gasteiger partial charge in [0.1, 0.15) is 11.8 Å². The number of nitrogens with zero attached hydrogens (tertiary/aromatic N) is 3. The van der Waals surface area contributed by atoms with Gasteiger partial charge in [-0.05, 0) is 68.1 Å². The number of quaternary nitrogens is 1. The number of piperidine rings is 1. The van der Waals surface area contributed by atoms with Crippen molar-refractivity contribution < 1.29 is 14.4 Å². The maximum atomic E-state index is 12.6. The Labute approximate surface area is 209 Å². The van der Waals surface area contributed by atoms with Crippen molar-refractivity contribution in [2.75, 3.05) is 26.0 Å². The highest BCUT2D eigenvalue weighted by Crippen LogP contribution is 2.25. The molecule has 0 radical (unpaired) electrons. The molecule has 1 amide bonds. The van der Waals surface area contributed by atoms with Crippen molar-refractivity contribution in [1.82, 2.24) is 20.1 Å². The fourth-order valence-electron chi connectivity index (χ4n) is 4.23. The number of nitrogens with one attached hydrogen (secondary N) is 2. The number of likely N-dealkylation sites (tertiary alicyclic amines) is 1. The number of benzene rings is 2. The predicted molar refractivity (Wildman–Crippen MR) is 135 cm³/mol. The number of carbonyl (C=O) groups excluding carboxylic acids is 1. The van der Waals surface area contributed by atoms with Gasteiger partial charge in [0, 0.05) is 17.3 Å². The molecule has 2 aromatic carbocycles. The van der Waals surface area contributed by atoms with Gasteiger partial charge in [-0.25, -0.2) is 0 Å². The molecule has 34 heavy (non-hydrogen) atoms. The zero-order valence-corrected chi connectivity index (χ0v) is 21.2. The van der Waals surface area contributed by atoms with E-state index in [1.807, 2.05) is 48.5 Å². The first-order chi connectivity index (χ1) is 16.5. The second kappa shape index (κ2) is 11.7. The van der Waals surface area contributed by atoms with Crippen molar-refractivity contribution in [3.8, 4) is 11.4 Å². The first kappa shape index (κ1) is 24.6. The van der Waals surface area contributed by atoms with Gasteiger partial charge in [-0.1, -0.05) is 35.5 Å². The molecular formula is C25H31ClN5O2S+. The van der Waals surface area contributed by atoms with E-state index in [2.05, 4.69) is 27.0 Å². The third-order valence-corrected chi connectivity index (χ3v) is 7.40. The summed E-state index contributed by atoms with van der Waals surface area (Å²) in [6.45, 7) is 4.97. The van der Waals surface area contributed by atoms with E-state index in [0.29, 0.717) is 16.7 Å². The molecule has 0 saturated carbocycles. The normalized spacial score (nSPS) is 15.1. The number of carbonyl (C=O) groups is 1. The van der Waals surface area contributed by atoms with E-state index in [0.717, 1.165) is 35.9 Å². The summed E-state index contributed by atoms with van der Waals surface area (Å²) in [6, 6.07) is 15.6. The Balaban J connectivity index is 1.46. The molecule has 1 aromatic heterocycles. The second-order valence-electron chi connectivity index (χ2n) is 8.51. The number of rotatable bonds is 9. The van der Waals surface area contributed by atoms with Gasteiger partial charge in [0.2, 0.25) is 5.91 Å². The number of hydrogen-bond acceptors (Lipinski definition) is 5. The lowest BCUT2D eigenvalue weighted by atomic mass is 10.1. The Hall–Kier alpha value is -2.55. The maximum Gasteiger partial charge on any atom is 0.230 e. The van der Waals surface area contributed by atoms with Crippen molar-refractivity contribution in [3.63, 3.8) is 0 Å². The lowest BCUT2D eigenvalue weighted by Gasteiger charge is -2.29. The maximum absolute atomic E-state index is 12.6. The Kier molecular flexibility index (Phi) is 8.48. The summed E-state index contributed by atoms with van der Waals surface area (Å²) in [6.07, 6.45) is 3.78. The molecule has 1 aliphatic rings. The number of hydrogen-bond donors (Lipinski definition) is 2. The van der Waals surface area contributed by atoms with E-state index in [9.17, 15) is 4.79 Å². The second-order valence-corrected chi connectivity index (χ2v) is 9.89. The smallest absolute Gasteiger partial charge is 0.230 e. The van der Waals surface area contributed by atoms with Gasteiger partial charge in [0.15, 0.2) is 11.0 Å². The molecular weight excluding hydrogens is 470 g/mol. The lowest BCUT2D eigenvalue weighted by Crippen LogP contribution is -3.12. The summed E-state index contributed by atoms with van der Waals surface area (Å²) < 4.78 is 7.25. The van der Waals surface area contributed by atoms with Crippen LogP contribution in [0.25, 0.3) is 5.69 Å². The standard InChI is InChI=1S/C25H30ClN5O2S/c1-18(30-14-4-3-5-15-30)24-28-29-25(31(24)21-10-8-20(26)9-11-21)34-17-23(32)27-16-19-6-12-22(33-2)13-7-19/h6-13,18H,3-5,14-17H2,1-2H3,(H,27,32)/p+1/t18-/m0/s1. The minimum Gasteiger partial charge on any atom is -0.497 e. The number of amides is 1. The summed E-state index contributed by atoms with van der Waals surface area (Å²) in [5.41, 5.74) is 1.97.